The zero-order valence-electron chi connectivity index (χ0n) is 19.4. The number of hydrogen-bond acceptors (Lipinski definition) is 4. The van der Waals surface area contributed by atoms with Crippen LogP contribution >= 0.6 is 22.6 Å². The SMILES string of the molecule is COc1c(CC(N=C(c2ccccc2)c2ccccc2)C(=O)OC(C)(C)C)cc(F)c(F)c1I. The molecule has 0 saturated carbocycles. The Hall–Kier alpha value is -2.81. The Morgan fingerprint density at radius 2 is 1.53 bits per heavy atom. The second-order valence-electron chi connectivity index (χ2n) is 8.64. The molecule has 0 saturated heterocycles. The number of ether oxygens (including phenoxy) is 2. The largest absolute Gasteiger partial charge is 0.495 e. The van der Waals surface area contributed by atoms with Crippen LogP contribution in [0.1, 0.15) is 37.5 Å². The summed E-state index contributed by atoms with van der Waals surface area (Å²) in [5, 5.41) is 0. The lowest BCUT2D eigenvalue weighted by molar-refractivity contribution is -0.156. The minimum atomic E-state index is -1.02. The molecule has 0 fully saturated rings. The Kier molecular flexibility index (Phi) is 8.41. The fourth-order valence-corrected chi connectivity index (χ4v) is 4.25. The molecule has 3 rings (SSSR count). The molecule has 0 N–H and O–H groups in total. The molecule has 3 aromatic carbocycles. The Labute approximate surface area is 212 Å². The number of aliphatic imine (C=N–C) groups is 1. The van der Waals surface area contributed by atoms with E-state index < -0.39 is 29.2 Å². The fourth-order valence-electron chi connectivity index (χ4n) is 3.42. The minimum Gasteiger partial charge on any atom is -0.495 e. The summed E-state index contributed by atoms with van der Waals surface area (Å²) in [6.45, 7) is 5.30. The molecule has 0 bridgehead atoms. The van der Waals surface area contributed by atoms with Gasteiger partial charge in [0, 0.05) is 23.1 Å². The highest BCUT2D eigenvalue weighted by atomic mass is 127. The number of benzene rings is 3. The standard InChI is InChI=1S/C27H26F2INO3/c1-27(2,3)34-26(32)21(16-19-15-20(28)22(29)23(30)25(19)33-4)31-24(17-11-7-5-8-12-17)18-13-9-6-10-14-18/h5-15,21H,16H2,1-4H3. The maximum atomic E-state index is 14.3. The first-order valence-corrected chi connectivity index (χ1v) is 11.8. The third kappa shape index (κ3) is 6.40. The van der Waals surface area contributed by atoms with Crippen LogP contribution in [0.4, 0.5) is 8.78 Å². The van der Waals surface area contributed by atoms with E-state index in [0.29, 0.717) is 11.3 Å². The van der Waals surface area contributed by atoms with E-state index in [1.165, 1.54) is 7.11 Å². The van der Waals surface area contributed by atoms with Gasteiger partial charge in [0.15, 0.2) is 17.7 Å². The quantitative estimate of drug-likeness (QED) is 0.142. The molecule has 0 aliphatic rings. The van der Waals surface area contributed by atoms with Crippen molar-refractivity contribution in [2.24, 2.45) is 4.99 Å². The number of halogens is 3. The van der Waals surface area contributed by atoms with Gasteiger partial charge in [-0.2, -0.15) is 0 Å². The van der Waals surface area contributed by atoms with Gasteiger partial charge in [-0.3, -0.25) is 4.99 Å². The molecule has 0 amide bonds. The van der Waals surface area contributed by atoms with Gasteiger partial charge in [-0.1, -0.05) is 60.7 Å². The Morgan fingerprint density at radius 1 is 1.00 bits per heavy atom. The third-order valence-corrected chi connectivity index (χ3v) is 5.83. The molecule has 0 aromatic heterocycles. The highest BCUT2D eigenvalue weighted by Gasteiger charge is 2.29. The maximum absolute atomic E-state index is 14.3. The van der Waals surface area contributed by atoms with E-state index in [0.717, 1.165) is 17.2 Å². The van der Waals surface area contributed by atoms with E-state index in [2.05, 4.69) is 0 Å². The first kappa shape index (κ1) is 25.8. The predicted molar refractivity (Wildman–Crippen MR) is 137 cm³/mol. The van der Waals surface area contributed by atoms with Crippen molar-refractivity contribution in [2.45, 2.75) is 38.8 Å². The highest BCUT2D eigenvalue weighted by Crippen LogP contribution is 2.32. The van der Waals surface area contributed by atoms with Crippen LogP contribution in [0, 0.1) is 15.2 Å². The van der Waals surface area contributed by atoms with E-state index >= 15 is 0 Å². The summed E-state index contributed by atoms with van der Waals surface area (Å²) in [5.41, 5.74) is 1.79. The number of nitrogens with zero attached hydrogens (tertiary/aromatic N) is 1. The molecular weight excluding hydrogens is 551 g/mol. The number of carbonyl (C=O) groups excluding carboxylic acids is 1. The molecule has 0 aliphatic carbocycles. The van der Waals surface area contributed by atoms with Crippen LogP contribution in [0.2, 0.25) is 0 Å². The van der Waals surface area contributed by atoms with E-state index in [4.69, 9.17) is 14.5 Å². The molecule has 4 nitrogen and oxygen atoms in total. The lowest BCUT2D eigenvalue weighted by Crippen LogP contribution is -2.33. The van der Waals surface area contributed by atoms with Gasteiger partial charge in [0.25, 0.3) is 0 Å². The van der Waals surface area contributed by atoms with Gasteiger partial charge in [0.1, 0.15) is 11.4 Å². The molecule has 7 heteroatoms. The van der Waals surface area contributed by atoms with Crippen LogP contribution in [-0.2, 0) is 16.0 Å². The first-order chi connectivity index (χ1) is 16.1. The average Bonchev–Trinajstić information content (AvgIpc) is 2.80. The molecule has 178 valence electrons. The topological polar surface area (TPSA) is 47.9 Å². The van der Waals surface area contributed by atoms with Crippen molar-refractivity contribution >= 4 is 34.3 Å². The summed E-state index contributed by atoms with van der Waals surface area (Å²) in [6, 6.07) is 19.0. The zero-order chi connectivity index (χ0) is 24.9. The molecule has 0 spiro atoms. The summed E-state index contributed by atoms with van der Waals surface area (Å²) in [4.78, 5) is 18.1. The molecule has 1 atom stereocenters. The van der Waals surface area contributed by atoms with Crippen LogP contribution in [0.25, 0.3) is 0 Å². The van der Waals surface area contributed by atoms with Gasteiger partial charge < -0.3 is 9.47 Å². The molecule has 0 aliphatic heterocycles. The molecular formula is C27H26F2INO3. The summed E-state index contributed by atoms with van der Waals surface area (Å²) in [6.07, 6.45) is -0.0333. The van der Waals surface area contributed by atoms with Crippen molar-refractivity contribution in [1.82, 2.24) is 0 Å². The Bertz CT molecular complexity index is 1130. The third-order valence-electron chi connectivity index (χ3n) is 4.87. The average molecular weight is 577 g/mol. The Morgan fingerprint density at radius 3 is 2.00 bits per heavy atom. The molecule has 3 aromatic rings. The van der Waals surface area contributed by atoms with Crippen molar-refractivity contribution in [3.05, 3.63) is 98.6 Å². The summed E-state index contributed by atoms with van der Waals surface area (Å²) >= 11 is 1.69. The molecule has 0 radical (unpaired) electrons. The second kappa shape index (κ2) is 11.1. The fraction of sp³-hybridized carbons (Fsp3) is 0.259. The Balaban J connectivity index is 2.16. The number of methoxy groups -OCH3 is 1. The van der Waals surface area contributed by atoms with Gasteiger partial charge >= 0.3 is 5.97 Å². The normalized spacial score (nSPS) is 12.1. The van der Waals surface area contributed by atoms with Crippen LogP contribution in [-0.4, -0.2) is 30.4 Å². The molecule has 0 heterocycles. The first-order valence-electron chi connectivity index (χ1n) is 10.7. The van der Waals surface area contributed by atoms with Crippen molar-refractivity contribution in [3.63, 3.8) is 0 Å². The van der Waals surface area contributed by atoms with E-state index in [1.807, 2.05) is 60.7 Å². The summed E-state index contributed by atoms with van der Waals surface area (Å²) < 4.78 is 39.4. The summed E-state index contributed by atoms with van der Waals surface area (Å²) in [7, 11) is 1.38. The van der Waals surface area contributed by atoms with Gasteiger partial charge in [-0.25, -0.2) is 13.6 Å². The van der Waals surface area contributed by atoms with E-state index in [9.17, 15) is 13.6 Å². The van der Waals surface area contributed by atoms with Gasteiger partial charge in [0.05, 0.1) is 16.4 Å². The highest BCUT2D eigenvalue weighted by molar-refractivity contribution is 14.1. The van der Waals surface area contributed by atoms with Crippen LogP contribution < -0.4 is 4.74 Å². The maximum Gasteiger partial charge on any atom is 0.331 e. The number of rotatable bonds is 7. The van der Waals surface area contributed by atoms with Crippen molar-refractivity contribution in [2.75, 3.05) is 7.11 Å². The molecule has 34 heavy (non-hydrogen) atoms. The van der Waals surface area contributed by atoms with Crippen LogP contribution in [0.15, 0.2) is 71.7 Å². The van der Waals surface area contributed by atoms with E-state index in [1.54, 1.807) is 43.4 Å². The minimum absolute atomic E-state index is 0.00774. The van der Waals surface area contributed by atoms with Crippen molar-refractivity contribution in [1.29, 1.82) is 0 Å². The zero-order valence-corrected chi connectivity index (χ0v) is 21.6. The van der Waals surface area contributed by atoms with Crippen molar-refractivity contribution < 1.29 is 23.0 Å². The van der Waals surface area contributed by atoms with Crippen molar-refractivity contribution in [3.8, 4) is 5.75 Å². The van der Waals surface area contributed by atoms with Crippen LogP contribution in [0.3, 0.4) is 0 Å². The van der Waals surface area contributed by atoms with Gasteiger partial charge in [0.2, 0.25) is 0 Å². The number of hydrogen-bond donors (Lipinski definition) is 0. The smallest absolute Gasteiger partial charge is 0.331 e. The predicted octanol–water partition coefficient (Wildman–Crippen LogP) is 6.37. The lowest BCUT2D eigenvalue weighted by atomic mass is 10.00. The van der Waals surface area contributed by atoms with Gasteiger partial charge in [-0.05, 0) is 49.4 Å². The van der Waals surface area contributed by atoms with E-state index in [-0.39, 0.29) is 15.7 Å². The summed E-state index contributed by atoms with van der Waals surface area (Å²) in [5.74, 6) is -2.41. The number of carbonyl (C=O) groups is 1. The second-order valence-corrected chi connectivity index (χ2v) is 9.72. The van der Waals surface area contributed by atoms with Gasteiger partial charge in [-0.15, -0.1) is 0 Å². The number of esters is 1. The molecule has 1 unspecified atom stereocenters. The monoisotopic (exact) mass is 577 g/mol. The lowest BCUT2D eigenvalue weighted by Gasteiger charge is -2.24. The van der Waals surface area contributed by atoms with Crippen LogP contribution in [0.5, 0.6) is 5.75 Å².